The molecule has 0 aliphatic rings. The lowest BCUT2D eigenvalue weighted by atomic mass is 10.3. The van der Waals surface area contributed by atoms with Crippen LogP contribution >= 0.6 is 11.5 Å². The van der Waals surface area contributed by atoms with Crippen molar-refractivity contribution in [2.45, 2.75) is 0 Å². The summed E-state index contributed by atoms with van der Waals surface area (Å²) >= 11 is 0.835. The number of anilines is 1. The number of oxime groups is 1. The van der Waals surface area contributed by atoms with Crippen LogP contribution in [0.4, 0.5) is 9.52 Å². The van der Waals surface area contributed by atoms with Crippen molar-refractivity contribution in [3.05, 3.63) is 5.82 Å². The number of carbonyl (C=O) groups excluding carboxylic acids is 1. The summed E-state index contributed by atoms with van der Waals surface area (Å²) in [5.74, 6) is -1.31. The lowest BCUT2D eigenvalue weighted by molar-refractivity contribution is -0.112. The monoisotopic (exact) mass is 218 g/mol. The van der Waals surface area contributed by atoms with Gasteiger partial charge in [0.05, 0.1) is 0 Å². The minimum absolute atomic E-state index is 0.120. The van der Waals surface area contributed by atoms with Gasteiger partial charge in [0.2, 0.25) is 11.5 Å². The van der Waals surface area contributed by atoms with Gasteiger partial charge < -0.3 is 10.6 Å². The molecule has 1 rings (SSSR count). The minimum atomic E-state index is -1.20. The molecule has 0 atom stereocenters. The van der Waals surface area contributed by atoms with E-state index in [4.69, 9.17) is 11.5 Å². The van der Waals surface area contributed by atoms with Gasteiger partial charge in [0.15, 0.2) is 5.13 Å². The Morgan fingerprint density at radius 1 is 1.79 bits per heavy atom. The van der Waals surface area contributed by atoms with Crippen molar-refractivity contribution in [1.82, 2.24) is 15.1 Å². The molecule has 0 saturated carbocycles. The van der Waals surface area contributed by atoms with E-state index >= 15 is 0 Å². The number of nitrogen functional groups attached to an aromatic ring is 1. The van der Waals surface area contributed by atoms with Crippen molar-refractivity contribution in [3.8, 4) is 0 Å². The highest BCUT2D eigenvalue weighted by atomic mass is 32.1. The normalized spacial score (nSPS) is 11.4. The SMILES string of the molecule is [NH]C(=O)/C(=N/OCF)c1nsc(N)n1. The highest BCUT2D eigenvalue weighted by Crippen LogP contribution is 2.06. The summed E-state index contributed by atoms with van der Waals surface area (Å²) in [5.41, 5.74) is 11.5. The molecule has 0 bridgehead atoms. The molecule has 1 heterocycles. The lowest BCUT2D eigenvalue weighted by Crippen LogP contribution is -2.18. The molecule has 9 heteroatoms. The first-order valence-corrected chi connectivity index (χ1v) is 4.04. The zero-order valence-electron chi connectivity index (χ0n) is 6.73. The van der Waals surface area contributed by atoms with Gasteiger partial charge in [-0.25, -0.2) is 4.39 Å². The fourth-order valence-corrected chi connectivity index (χ4v) is 1.04. The van der Waals surface area contributed by atoms with Crippen molar-refractivity contribution in [2.24, 2.45) is 5.16 Å². The topological polar surface area (TPSA) is 114 Å². The van der Waals surface area contributed by atoms with Gasteiger partial charge in [0.1, 0.15) is 0 Å². The number of aromatic nitrogens is 2. The van der Waals surface area contributed by atoms with Gasteiger partial charge in [-0.1, -0.05) is 5.16 Å². The number of carbonyl (C=O) groups is 1. The standard InChI is InChI=1S/C5H5FN5O2S/c6-1-13-10-2(3(7)12)4-9-5(8)14-11-4/h7H,1H2,(H2,8,9,11)/b10-2-. The smallest absolute Gasteiger partial charge is 0.295 e. The first kappa shape index (κ1) is 10.3. The number of hydrogen-bond acceptors (Lipinski definition) is 7. The van der Waals surface area contributed by atoms with Crippen LogP contribution in [0.15, 0.2) is 5.16 Å². The van der Waals surface area contributed by atoms with Gasteiger partial charge in [-0.15, -0.1) is 0 Å². The summed E-state index contributed by atoms with van der Waals surface area (Å²) in [5, 5.41) is 3.18. The minimum Gasteiger partial charge on any atom is -0.374 e. The quantitative estimate of drug-likeness (QED) is 0.544. The molecule has 0 aromatic carbocycles. The molecule has 3 N–H and O–H groups in total. The molecule has 1 radical (unpaired) electrons. The molecule has 7 nitrogen and oxygen atoms in total. The van der Waals surface area contributed by atoms with Crippen LogP contribution in [-0.2, 0) is 9.63 Å². The Labute approximate surface area is 81.7 Å². The molecule has 0 saturated heterocycles. The molecule has 1 amide bonds. The summed E-state index contributed by atoms with van der Waals surface area (Å²) in [6.45, 7) is -1.20. The van der Waals surface area contributed by atoms with Crippen molar-refractivity contribution in [2.75, 3.05) is 12.6 Å². The first-order valence-electron chi connectivity index (χ1n) is 3.26. The maximum Gasteiger partial charge on any atom is 0.295 e. The molecule has 0 aliphatic heterocycles. The summed E-state index contributed by atoms with van der Waals surface area (Å²) in [6.07, 6.45) is 0. The average Bonchev–Trinajstić information content (AvgIpc) is 2.52. The van der Waals surface area contributed by atoms with Crippen LogP contribution in [0, 0.1) is 0 Å². The second-order valence-corrected chi connectivity index (χ2v) is 2.75. The van der Waals surface area contributed by atoms with Crippen molar-refractivity contribution >= 4 is 28.3 Å². The lowest BCUT2D eigenvalue weighted by Gasteiger charge is -1.94. The van der Waals surface area contributed by atoms with E-state index in [1.54, 1.807) is 0 Å². The van der Waals surface area contributed by atoms with Crippen LogP contribution in [0.3, 0.4) is 0 Å². The molecular weight excluding hydrogens is 213 g/mol. The Bertz CT molecular complexity index is 365. The van der Waals surface area contributed by atoms with Gasteiger partial charge in [0, 0.05) is 11.5 Å². The van der Waals surface area contributed by atoms with E-state index in [-0.39, 0.29) is 11.0 Å². The van der Waals surface area contributed by atoms with E-state index < -0.39 is 18.5 Å². The van der Waals surface area contributed by atoms with Crippen LogP contribution < -0.4 is 11.5 Å². The summed E-state index contributed by atoms with van der Waals surface area (Å²) in [6, 6.07) is 0. The average molecular weight is 218 g/mol. The van der Waals surface area contributed by atoms with Crippen molar-refractivity contribution < 1.29 is 14.0 Å². The molecule has 1 aromatic heterocycles. The Hall–Kier alpha value is -1.77. The maximum absolute atomic E-state index is 11.6. The molecule has 0 fully saturated rings. The highest BCUT2D eigenvalue weighted by molar-refractivity contribution is 7.09. The van der Waals surface area contributed by atoms with E-state index in [1.165, 1.54) is 0 Å². The fraction of sp³-hybridized carbons (Fsp3) is 0.200. The number of rotatable bonds is 4. The van der Waals surface area contributed by atoms with Gasteiger partial charge in [-0.3, -0.25) is 10.5 Å². The molecule has 0 aliphatic carbocycles. The molecule has 0 spiro atoms. The fourth-order valence-electron chi connectivity index (χ4n) is 0.604. The predicted molar refractivity (Wildman–Crippen MR) is 46.0 cm³/mol. The molecular formula is C5H5FN5O2S. The maximum atomic E-state index is 11.6. The van der Waals surface area contributed by atoms with Gasteiger partial charge in [-0.05, 0) is 0 Å². The summed E-state index contributed by atoms with van der Waals surface area (Å²) in [4.78, 5) is 18.3. The highest BCUT2D eigenvalue weighted by Gasteiger charge is 2.17. The van der Waals surface area contributed by atoms with Crippen LogP contribution in [0.1, 0.15) is 5.82 Å². The van der Waals surface area contributed by atoms with E-state index in [0.717, 1.165) is 11.5 Å². The third kappa shape index (κ3) is 2.36. The number of amides is 1. The zero-order chi connectivity index (χ0) is 10.6. The zero-order valence-corrected chi connectivity index (χ0v) is 7.55. The Morgan fingerprint density at radius 3 is 2.93 bits per heavy atom. The van der Waals surface area contributed by atoms with E-state index in [0.29, 0.717) is 0 Å². The van der Waals surface area contributed by atoms with E-state index in [1.807, 2.05) is 0 Å². The van der Waals surface area contributed by atoms with Gasteiger partial charge in [0.25, 0.3) is 12.8 Å². The summed E-state index contributed by atoms with van der Waals surface area (Å²) in [7, 11) is 0. The largest absolute Gasteiger partial charge is 0.374 e. The van der Waals surface area contributed by atoms with Crippen LogP contribution in [0.5, 0.6) is 0 Å². The predicted octanol–water partition coefficient (Wildman–Crippen LogP) is -0.423. The number of nitrogens with two attached hydrogens (primary N) is 1. The molecule has 75 valence electrons. The van der Waals surface area contributed by atoms with E-state index in [9.17, 15) is 9.18 Å². The Morgan fingerprint density at radius 2 is 2.50 bits per heavy atom. The van der Waals surface area contributed by atoms with E-state index in [2.05, 4.69) is 19.4 Å². The molecule has 1 aromatic rings. The first-order chi connectivity index (χ1) is 6.65. The molecule has 14 heavy (non-hydrogen) atoms. The molecule has 0 unspecified atom stereocenters. The van der Waals surface area contributed by atoms with Gasteiger partial charge >= 0.3 is 0 Å². The third-order valence-corrected chi connectivity index (χ3v) is 1.62. The van der Waals surface area contributed by atoms with Crippen molar-refractivity contribution in [3.63, 3.8) is 0 Å². The second kappa shape index (κ2) is 4.46. The van der Waals surface area contributed by atoms with Crippen LogP contribution in [0.2, 0.25) is 0 Å². The van der Waals surface area contributed by atoms with Crippen LogP contribution in [0.25, 0.3) is 0 Å². The Kier molecular flexibility index (Phi) is 3.29. The van der Waals surface area contributed by atoms with Gasteiger partial charge in [-0.2, -0.15) is 9.36 Å². The Balaban J connectivity index is 2.94. The number of halogens is 1. The number of alkyl halides is 1. The van der Waals surface area contributed by atoms with Crippen LogP contribution in [-0.4, -0.2) is 27.8 Å². The number of nitrogens with zero attached hydrogens (tertiary/aromatic N) is 3. The summed E-state index contributed by atoms with van der Waals surface area (Å²) < 4.78 is 15.2. The number of nitrogens with one attached hydrogen (secondary N) is 1. The number of hydrogen-bond donors (Lipinski definition) is 1. The third-order valence-electron chi connectivity index (χ3n) is 1.07. The van der Waals surface area contributed by atoms with Crippen molar-refractivity contribution in [1.29, 1.82) is 0 Å². The second-order valence-electron chi connectivity index (χ2n) is 1.96.